The molecule has 1 amide bonds. The predicted molar refractivity (Wildman–Crippen MR) is 139 cm³/mol. The summed E-state index contributed by atoms with van der Waals surface area (Å²) in [5.41, 5.74) is 6.92. The lowest BCUT2D eigenvalue weighted by molar-refractivity contribution is 0.1000. The smallest absolute Gasteiger partial charge is 0.248 e. The van der Waals surface area contributed by atoms with Crippen molar-refractivity contribution in [2.75, 3.05) is 32.1 Å². The molecule has 33 heavy (non-hydrogen) atoms. The van der Waals surface area contributed by atoms with Crippen LogP contribution in [0.25, 0.3) is 0 Å². The number of aromatic nitrogens is 2. The van der Waals surface area contributed by atoms with Gasteiger partial charge in [-0.2, -0.15) is 4.98 Å². The number of amides is 1. The Kier molecular flexibility index (Phi) is 7.71. The highest BCUT2D eigenvalue weighted by atomic mass is 127. The number of hydrogen-bond acceptors (Lipinski definition) is 7. The summed E-state index contributed by atoms with van der Waals surface area (Å²) in [6, 6.07) is 15.9. The third-order valence-electron chi connectivity index (χ3n) is 5.52. The van der Waals surface area contributed by atoms with Crippen molar-refractivity contribution in [2.24, 2.45) is 5.73 Å². The van der Waals surface area contributed by atoms with Crippen LogP contribution in [0.2, 0.25) is 0 Å². The zero-order valence-electron chi connectivity index (χ0n) is 18.6. The first-order valence-electron chi connectivity index (χ1n) is 10.6. The summed E-state index contributed by atoms with van der Waals surface area (Å²) < 4.78 is 7.36. The summed E-state index contributed by atoms with van der Waals surface area (Å²) in [5, 5.41) is 0. The van der Waals surface area contributed by atoms with Gasteiger partial charge in [0.05, 0.1) is 11.1 Å². The van der Waals surface area contributed by atoms with Crippen LogP contribution in [0.3, 0.4) is 0 Å². The zero-order valence-corrected chi connectivity index (χ0v) is 21.5. The van der Waals surface area contributed by atoms with Gasteiger partial charge in [-0.05, 0) is 85.1 Å². The number of hydrogen-bond donors (Lipinski definition) is 1. The van der Waals surface area contributed by atoms with Crippen molar-refractivity contribution in [3.63, 3.8) is 0 Å². The minimum absolute atomic E-state index is 0.418. The third-order valence-corrected chi connectivity index (χ3v) is 7.20. The maximum Gasteiger partial charge on any atom is 0.248 e. The van der Waals surface area contributed by atoms with Crippen molar-refractivity contribution in [3.05, 3.63) is 69.4 Å². The van der Waals surface area contributed by atoms with Gasteiger partial charge in [-0.25, -0.2) is 4.98 Å². The largest absolute Gasteiger partial charge is 0.472 e. The van der Waals surface area contributed by atoms with Crippen molar-refractivity contribution in [1.82, 2.24) is 14.9 Å². The van der Waals surface area contributed by atoms with E-state index in [1.807, 2.05) is 30.5 Å². The molecule has 4 rings (SSSR count). The molecular formula is C24H26IN5O2S. The molecule has 1 atom stereocenters. The Morgan fingerprint density at radius 2 is 2.06 bits per heavy atom. The average Bonchev–Trinajstić information content (AvgIpc) is 3.30. The average molecular weight is 575 g/mol. The van der Waals surface area contributed by atoms with E-state index >= 15 is 0 Å². The molecule has 3 aromatic rings. The molecule has 1 saturated heterocycles. The van der Waals surface area contributed by atoms with E-state index in [2.05, 4.69) is 63.6 Å². The van der Waals surface area contributed by atoms with Crippen molar-refractivity contribution in [1.29, 1.82) is 0 Å². The number of primary amides is 1. The molecule has 172 valence electrons. The maximum absolute atomic E-state index is 11.4. The molecule has 2 heterocycles. The van der Waals surface area contributed by atoms with Gasteiger partial charge in [0.25, 0.3) is 0 Å². The summed E-state index contributed by atoms with van der Waals surface area (Å²) in [6.07, 6.45) is 2.90. The van der Waals surface area contributed by atoms with Crippen molar-refractivity contribution in [3.8, 4) is 5.88 Å². The number of nitrogens with zero attached hydrogens (tertiary/aromatic N) is 4. The van der Waals surface area contributed by atoms with E-state index in [1.54, 1.807) is 12.1 Å². The Hall–Kier alpha value is -2.37. The van der Waals surface area contributed by atoms with Gasteiger partial charge in [0.15, 0.2) is 0 Å². The van der Waals surface area contributed by atoms with E-state index in [0.717, 1.165) is 38.4 Å². The number of nitrogens with two attached hydrogens (primary N) is 1. The van der Waals surface area contributed by atoms with Crippen LogP contribution in [0.5, 0.6) is 5.88 Å². The first kappa shape index (κ1) is 23.8. The summed E-state index contributed by atoms with van der Waals surface area (Å²) >= 11 is 3.80. The summed E-state index contributed by atoms with van der Waals surface area (Å²) in [5.74, 6) is 0.795. The molecule has 0 aliphatic carbocycles. The first-order valence-corrected chi connectivity index (χ1v) is 12.5. The summed E-state index contributed by atoms with van der Waals surface area (Å²) in [7, 11) is 4.21. The number of anilines is 1. The number of rotatable bonds is 8. The van der Waals surface area contributed by atoms with Crippen LogP contribution >= 0.6 is 34.4 Å². The normalized spacial score (nSPS) is 15.8. The van der Waals surface area contributed by atoms with Crippen LogP contribution in [-0.4, -0.2) is 54.0 Å². The number of benzene rings is 2. The second-order valence-corrected chi connectivity index (χ2v) is 10.5. The van der Waals surface area contributed by atoms with Crippen LogP contribution in [0.1, 0.15) is 22.3 Å². The minimum Gasteiger partial charge on any atom is -0.472 e. The number of halogens is 1. The molecule has 2 N–H and O–H groups in total. The monoisotopic (exact) mass is 575 g/mol. The number of ether oxygens (including phenoxy) is 1. The molecular weight excluding hydrogens is 549 g/mol. The Morgan fingerprint density at radius 1 is 1.27 bits per heavy atom. The summed E-state index contributed by atoms with van der Waals surface area (Å²) in [6.45, 7) is 2.23. The fourth-order valence-electron chi connectivity index (χ4n) is 3.61. The lowest BCUT2D eigenvalue weighted by Crippen LogP contribution is -2.32. The fourth-order valence-corrected chi connectivity index (χ4v) is 5.04. The lowest BCUT2D eigenvalue weighted by Gasteiger charge is -2.21. The van der Waals surface area contributed by atoms with E-state index in [9.17, 15) is 4.79 Å². The van der Waals surface area contributed by atoms with Crippen LogP contribution in [0.4, 0.5) is 5.95 Å². The van der Waals surface area contributed by atoms with Gasteiger partial charge in [0.1, 0.15) is 6.61 Å². The maximum atomic E-state index is 11.4. The number of likely N-dealkylation sites (N-methyl/N-ethyl adjacent to an activating group) is 1. The van der Waals surface area contributed by atoms with Crippen molar-refractivity contribution in [2.45, 2.75) is 28.9 Å². The molecule has 0 unspecified atom stereocenters. The van der Waals surface area contributed by atoms with Crippen LogP contribution in [0, 0.1) is 3.57 Å². The van der Waals surface area contributed by atoms with Gasteiger partial charge in [-0.3, -0.25) is 4.79 Å². The molecule has 7 nitrogen and oxygen atoms in total. The quantitative estimate of drug-likeness (QED) is 0.406. The molecule has 1 aliphatic rings. The first-order chi connectivity index (χ1) is 15.9. The van der Waals surface area contributed by atoms with Crippen molar-refractivity contribution < 1.29 is 9.53 Å². The van der Waals surface area contributed by atoms with Gasteiger partial charge < -0.3 is 20.3 Å². The van der Waals surface area contributed by atoms with Gasteiger partial charge in [0.2, 0.25) is 17.7 Å². The molecule has 0 spiro atoms. The highest BCUT2D eigenvalue weighted by molar-refractivity contribution is 14.1. The van der Waals surface area contributed by atoms with E-state index in [4.69, 9.17) is 15.5 Å². The highest BCUT2D eigenvalue weighted by Gasteiger charge is 2.26. The van der Waals surface area contributed by atoms with Gasteiger partial charge >= 0.3 is 0 Å². The molecule has 0 bridgehead atoms. The molecule has 1 aliphatic heterocycles. The zero-order chi connectivity index (χ0) is 23.4. The van der Waals surface area contributed by atoms with E-state index < -0.39 is 5.91 Å². The third kappa shape index (κ3) is 6.15. The lowest BCUT2D eigenvalue weighted by atomic mass is 10.2. The van der Waals surface area contributed by atoms with E-state index in [0.29, 0.717) is 30.0 Å². The molecule has 9 heteroatoms. The Balaban J connectivity index is 1.58. The van der Waals surface area contributed by atoms with Crippen molar-refractivity contribution >= 4 is 46.2 Å². The molecule has 1 fully saturated rings. The number of carbonyl (C=O) groups is 1. The summed E-state index contributed by atoms with van der Waals surface area (Å²) in [4.78, 5) is 27.0. The van der Waals surface area contributed by atoms with E-state index in [-0.39, 0.29) is 0 Å². The highest BCUT2D eigenvalue weighted by Crippen LogP contribution is 2.35. The molecule has 0 saturated carbocycles. The van der Waals surface area contributed by atoms with Crippen LogP contribution < -0.4 is 15.4 Å². The van der Waals surface area contributed by atoms with Gasteiger partial charge in [-0.15, -0.1) is 0 Å². The van der Waals surface area contributed by atoms with Gasteiger partial charge in [0, 0.05) is 33.2 Å². The Morgan fingerprint density at radius 3 is 2.73 bits per heavy atom. The second kappa shape index (κ2) is 10.7. The standard InChI is InChI=1S/C24H26IN5O2S/c1-29(2)19-10-11-30(14-19)24-27-13-21(33-20-8-6-17(7-9-20)22(26)31)23(28-24)32-15-16-4-3-5-18(25)12-16/h3-9,12-13,19H,10-11,14-15H2,1-2H3,(H2,26,31)/t19-/m1/s1. The van der Waals surface area contributed by atoms with E-state index in [1.165, 1.54) is 11.8 Å². The van der Waals surface area contributed by atoms with Crippen LogP contribution in [-0.2, 0) is 6.61 Å². The fraction of sp³-hybridized carbons (Fsp3) is 0.292. The SMILES string of the molecule is CN(C)[C@@H]1CCN(c2ncc(Sc3ccc(C(N)=O)cc3)c(OCc3cccc(I)c3)n2)C1. The predicted octanol–water partition coefficient (Wildman–Crippen LogP) is 4.05. The Bertz CT molecular complexity index is 1130. The molecule has 1 aromatic heterocycles. The van der Waals surface area contributed by atoms with Crippen LogP contribution in [0.15, 0.2) is 64.5 Å². The Labute approximate surface area is 211 Å². The topological polar surface area (TPSA) is 84.6 Å². The number of carbonyl (C=O) groups excluding carboxylic acids is 1. The molecule has 2 aromatic carbocycles. The molecule has 0 radical (unpaired) electrons. The second-order valence-electron chi connectivity index (χ2n) is 8.10. The minimum atomic E-state index is -0.442. The van der Waals surface area contributed by atoms with Gasteiger partial charge in [-0.1, -0.05) is 23.9 Å².